The van der Waals surface area contributed by atoms with Crippen molar-refractivity contribution in [2.45, 2.75) is 6.54 Å². The normalized spacial score (nSPS) is 10.1. The smallest absolute Gasteiger partial charge is 0.273 e. The number of carbonyl (C=O) groups excluding carboxylic acids is 1. The number of rotatable bonds is 3. The van der Waals surface area contributed by atoms with Gasteiger partial charge in [0.2, 0.25) is 0 Å². The van der Waals surface area contributed by atoms with Gasteiger partial charge in [0.25, 0.3) is 5.91 Å². The summed E-state index contributed by atoms with van der Waals surface area (Å²) in [5, 5.41) is 0. The van der Waals surface area contributed by atoms with Crippen LogP contribution in [0, 0.1) is 0 Å². The zero-order chi connectivity index (χ0) is 13.0. The third kappa shape index (κ3) is 2.92. The van der Waals surface area contributed by atoms with Crippen LogP contribution in [0.2, 0.25) is 0 Å². The summed E-state index contributed by atoms with van der Waals surface area (Å²) in [6, 6.07) is 7.36. The van der Waals surface area contributed by atoms with E-state index in [4.69, 9.17) is 0 Å². The van der Waals surface area contributed by atoms with Gasteiger partial charge in [0.1, 0.15) is 5.69 Å². The lowest BCUT2D eigenvalue weighted by molar-refractivity contribution is 0.0778. The molecule has 2 aromatic rings. The van der Waals surface area contributed by atoms with E-state index < -0.39 is 0 Å². The molecule has 0 N–H and O–H groups in total. The number of pyridine rings is 2. The summed E-state index contributed by atoms with van der Waals surface area (Å²) in [6.45, 7) is 0.532. The van der Waals surface area contributed by atoms with Crippen molar-refractivity contribution in [3.05, 3.63) is 58.6 Å². The van der Waals surface area contributed by atoms with Gasteiger partial charge in [-0.2, -0.15) is 0 Å². The van der Waals surface area contributed by atoms with Gasteiger partial charge in [-0.3, -0.25) is 9.78 Å². The third-order valence-electron chi connectivity index (χ3n) is 2.48. The summed E-state index contributed by atoms with van der Waals surface area (Å²) in [4.78, 5) is 21.9. The summed E-state index contributed by atoms with van der Waals surface area (Å²) < 4.78 is 0.705. The van der Waals surface area contributed by atoms with Gasteiger partial charge >= 0.3 is 0 Å². The summed E-state index contributed by atoms with van der Waals surface area (Å²) in [5.41, 5.74) is 1.46. The van der Waals surface area contributed by atoms with Crippen LogP contribution in [0.4, 0.5) is 0 Å². The highest BCUT2D eigenvalue weighted by Crippen LogP contribution is 2.15. The predicted octanol–water partition coefficient (Wildman–Crippen LogP) is 2.51. The highest BCUT2D eigenvalue weighted by molar-refractivity contribution is 9.10. The molecule has 0 saturated carbocycles. The number of nitrogens with zero attached hydrogens (tertiary/aromatic N) is 3. The molecular weight excluding hydrogens is 294 g/mol. The minimum atomic E-state index is -0.112. The van der Waals surface area contributed by atoms with E-state index in [-0.39, 0.29) is 5.91 Å². The molecule has 92 valence electrons. The lowest BCUT2D eigenvalue weighted by atomic mass is 10.2. The maximum atomic E-state index is 12.2. The van der Waals surface area contributed by atoms with Crippen LogP contribution in [-0.2, 0) is 6.54 Å². The number of halogens is 1. The lowest BCUT2D eigenvalue weighted by Gasteiger charge is -2.17. The highest BCUT2D eigenvalue weighted by atomic mass is 79.9. The van der Waals surface area contributed by atoms with Gasteiger partial charge in [-0.05, 0) is 45.8 Å². The Bertz CT molecular complexity index is 545. The number of hydrogen-bond donors (Lipinski definition) is 0. The van der Waals surface area contributed by atoms with Gasteiger partial charge in [-0.25, -0.2) is 4.98 Å². The van der Waals surface area contributed by atoms with Gasteiger partial charge in [0, 0.05) is 36.7 Å². The first kappa shape index (κ1) is 12.7. The molecule has 2 rings (SSSR count). The maximum absolute atomic E-state index is 12.2. The summed E-state index contributed by atoms with van der Waals surface area (Å²) in [7, 11) is 1.75. The molecular formula is C13H12BrN3O. The second-order valence-electron chi connectivity index (χ2n) is 3.85. The number of carbonyl (C=O) groups is 1. The lowest BCUT2D eigenvalue weighted by Crippen LogP contribution is -2.27. The molecule has 0 spiro atoms. The zero-order valence-electron chi connectivity index (χ0n) is 9.88. The van der Waals surface area contributed by atoms with Crippen molar-refractivity contribution >= 4 is 21.8 Å². The summed E-state index contributed by atoms with van der Waals surface area (Å²) in [6.07, 6.45) is 5.03. The molecule has 0 atom stereocenters. The average Bonchev–Trinajstić information content (AvgIpc) is 2.39. The Hall–Kier alpha value is -1.75. The second kappa shape index (κ2) is 5.73. The van der Waals surface area contributed by atoms with Crippen molar-refractivity contribution in [3.8, 4) is 0 Å². The van der Waals surface area contributed by atoms with E-state index in [0.717, 1.165) is 5.56 Å². The fraction of sp³-hybridized carbons (Fsp3) is 0.154. The molecule has 0 radical (unpaired) electrons. The van der Waals surface area contributed by atoms with Crippen molar-refractivity contribution in [2.75, 3.05) is 7.05 Å². The van der Waals surface area contributed by atoms with E-state index in [1.807, 2.05) is 12.1 Å². The Kier molecular flexibility index (Phi) is 4.04. The molecule has 5 heteroatoms. The number of hydrogen-bond acceptors (Lipinski definition) is 3. The molecule has 4 nitrogen and oxygen atoms in total. The molecule has 0 unspecified atom stereocenters. The van der Waals surface area contributed by atoms with Gasteiger partial charge < -0.3 is 4.90 Å². The van der Waals surface area contributed by atoms with E-state index in [1.54, 1.807) is 42.7 Å². The summed E-state index contributed by atoms with van der Waals surface area (Å²) >= 11 is 3.33. The van der Waals surface area contributed by atoms with Crippen LogP contribution >= 0.6 is 15.9 Å². The third-order valence-corrected chi connectivity index (χ3v) is 3.12. The minimum Gasteiger partial charge on any atom is -0.336 e. The number of amides is 1. The fourth-order valence-electron chi connectivity index (χ4n) is 1.56. The average molecular weight is 306 g/mol. The van der Waals surface area contributed by atoms with Gasteiger partial charge in [-0.1, -0.05) is 0 Å². The van der Waals surface area contributed by atoms with Gasteiger partial charge in [0.05, 0.1) is 0 Å². The Balaban J connectivity index is 2.13. The molecule has 18 heavy (non-hydrogen) atoms. The molecule has 0 bridgehead atoms. The molecule has 1 amide bonds. The fourth-order valence-corrected chi connectivity index (χ4v) is 1.98. The molecule has 2 aromatic heterocycles. The predicted molar refractivity (Wildman–Crippen MR) is 72.0 cm³/mol. The van der Waals surface area contributed by atoms with Crippen LogP contribution in [0.15, 0.2) is 47.3 Å². The van der Waals surface area contributed by atoms with Crippen LogP contribution < -0.4 is 0 Å². The maximum Gasteiger partial charge on any atom is 0.273 e. The van der Waals surface area contributed by atoms with E-state index in [0.29, 0.717) is 16.7 Å². The summed E-state index contributed by atoms with van der Waals surface area (Å²) in [5.74, 6) is -0.112. The van der Waals surface area contributed by atoms with E-state index >= 15 is 0 Å². The van der Waals surface area contributed by atoms with Crippen LogP contribution in [0.3, 0.4) is 0 Å². The minimum absolute atomic E-state index is 0.112. The van der Waals surface area contributed by atoms with Crippen molar-refractivity contribution in [1.82, 2.24) is 14.9 Å². The molecule has 0 aliphatic rings. The molecule has 2 heterocycles. The van der Waals surface area contributed by atoms with Crippen molar-refractivity contribution < 1.29 is 4.79 Å². The SMILES string of the molecule is CN(Cc1ccncc1)C(=O)c1ncccc1Br. The topological polar surface area (TPSA) is 46.1 Å². The van der Waals surface area contributed by atoms with Gasteiger partial charge in [-0.15, -0.1) is 0 Å². The molecule has 0 aliphatic carbocycles. The largest absolute Gasteiger partial charge is 0.336 e. The first-order valence-electron chi connectivity index (χ1n) is 5.43. The Morgan fingerprint density at radius 1 is 1.28 bits per heavy atom. The van der Waals surface area contributed by atoms with Crippen LogP contribution in [0.5, 0.6) is 0 Å². The standard InChI is InChI=1S/C13H12BrN3O/c1-17(9-10-4-7-15-8-5-10)13(18)12-11(14)3-2-6-16-12/h2-8H,9H2,1H3. The van der Waals surface area contributed by atoms with Gasteiger partial charge in [0.15, 0.2) is 0 Å². The van der Waals surface area contributed by atoms with E-state index in [9.17, 15) is 4.79 Å². The first-order chi connectivity index (χ1) is 8.68. The second-order valence-corrected chi connectivity index (χ2v) is 4.70. The van der Waals surface area contributed by atoms with Crippen molar-refractivity contribution in [2.24, 2.45) is 0 Å². The van der Waals surface area contributed by atoms with Crippen molar-refractivity contribution in [3.63, 3.8) is 0 Å². The first-order valence-corrected chi connectivity index (χ1v) is 6.22. The Morgan fingerprint density at radius 2 is 2.00 bits per heavy atom. The van der Waals surface area contributed by atoms with Crippen LogP contribution in [0.25, 0.3) is 0 Å². The molecule has 0 aromatic carbocycles. The van der Waals surface area contributed by atoms with E-state index in [1.165, 1.54) is 0 Å². The van der Waals surface area contributed by atoms with Crippen LogP contribution in [-0.4, -0.2) is 27.8 Å². The van der Waals surface area contributed by atoms with Crippen LogP contribution in [0.1, 0.15) is 16.1 Å². The number of aromatic nitrogens is 2. The molecule has 0 fully saturated rings. The monoisotopic (exact) mass is 305 g/mol. The Morgan fingerprint density at radius 3 is 2.67 bits per heavy atom. The quantitative estimate of drug-likeness (QED) is 0.875. The van der Waals surface area contributed by atoms with Crippen molar-refractivity contribution in [1.29, 1.82) is 0 Å². The molecule has 0 aliphatic heterocycles. The Labute approximate surface area is 114 Å². The highest BCUT2D eigenvalue weighted by Gasteiger charge is 2.15. The zero-order valence-corrected chi connectivity index (χ0v) is 11.5. The molecule has 0 saturated heterocycles. The van der Waals surface area contributed by atoms with E-state index in [2.05, 4.69) is 25.9 Å².